The predicted octanol–water partition coefficient (Wildman–Crippen LogP) is 2.88. The Morgan fingerprint density at radius 2 is 2.00 bits per heavy atom. The number of aromatic amines is 1. The number of hydrogen-bond acceptors (Lipinski definition) is 5. The molecular weight excluding hydrogens is 292 g/mol. The summed E-state index contributed by atoms with van der Waals surface area (Å²) in [4.78, 5) is 12.8. The van der Waals surface area contributed by atoms with E-state index in [1.165, 1.54) is 0 Å². The second-order valence-corrected chi connectivity index (χ2v) is 5.21. The van der Waals surface area contributed by atoms with Crippen molar-refractivity contribution in [1.82, 2.24) is 15.6 Å². The molecule has 0 radical (unpaired) electrons. The molecule has 0 fully saturated rings. The molecule has 0 aliphatic carbocycles. The number of H-pyrrole nitrogens is 1. The van der Waals surface area contributed by atoms with Crippen LogP contribution in [0.4, 0.5) is 5.69 Å². The van der Waals surface area contributed by atoms with Gasteiger partial charge in [0.15, 0.2) is 5.76 Å². The Balaban J connectivity index is 1.42. The number of rotatable bonds is 5. The van der Waals surface area contributed by atoms with Gasteiger partial charge in [0.05, 0.1) is 18.5 Å². The summed E-state index contributed by atoms with van der Waals surface area (Å²) in [5, 5.41) is 2.84. The highest BCUT2D eigenvalue weighted by Gasteiger charge is 2.17. The van der Waals surface area contributed by atoms with Gasteiger partial charge in [-0.15, -0.1) is 0 Å². The van der Waals surface area contributed by atoms with E-state index >= 15 is 0 Å². The third-order valence-electron chi connectivity index (χ3n) is 3.60. The van der Waals surface area contributed by atoms with Crippen LogP contribution in [0.3, 0.4) is 0 Å². The van der Waals surface area contributed by atoms with Crippen LogP contribution in [0.1, 0.15) is 5.56 Å². The minimum atomic E-state index is 0.403. The molecule has 0 unspecified atom stereocenters. The van der Waals surface area contributed by atoms with Crippen molar-refractivity contribution in [1.29, 1.82) is 0 Å². The first-order valence-electron chi connectivity index (χ1n) is 7.36. The van der Waals surface area contributed by atoms with E-state index in [-0.39, 0.29) is 0 Å². The Morgan fingerprint density at radius 1 is 1.09 bits per heavy atom. The van der Waals surface area contributed by atoms with E-state index in [0.717, 1.165) is 28.0 Å². The summed E-state index contributed by atoms with van der Waals surface area (Å²) in [6.45, 7) is 0.957. The Labute approximate surface area is 133 Å². The first kappa shape index (κ1) is 13.8. The van der Waals surface area contributed by atoms with Gasteiger partial charge in [-0.1, -0.05) is 35.9 Å². The summed E-state index contributed by atoms with van der Waals surface area (Å²) in [6, 6.07) is 14.0. The number of hydrazine groups is 1. The van der Waals surface area contributed by atoms with Crippen LogP contribution in [0.5, 0.6) is 0 Å². The Hall–Kier alpha value is -2.83. The number of benzene rings is 1. The minimum Gasteiger partial charge on any atom is -0.389 e. The van der Waals surface area contributed by atoms with E-state index in [2.05, 4.69) is 15.6 Å². The molecule has 0 spiro atoms. The van der Waals surface area contributed by atoms with Gasteiger partial charge in [0.1, 0.15) is 12.3 Å². The third-order valence-corrected chi connectivity index (χ3v) is 3.60. The van der Waals surface area contributed by atoms with Crippen LogP contribution < -0.4 is 10.6 Å². The first-order valence-corrected chi connectivity index (χ1v) is 7.36. The first-order chi connectivity index (χ1) is 11.4. The summed E-state index contributed by atoms with van der Waals surface area (Å²) in [5.41, 5.74) is 5.82. The molecule has 2 N–H and O–H groups in total. The molecule has 1 aliphatic rings. The molecule has 23 heavy (non-hydrogen) atoms. The van der Waals surface area contributed by atoms with E-state index in [1.807, 2.05) is 59.9 Å². The molecule has 116 valence electrons. The number of nitrogens with zero attached hydrogens (tertiary/aromatic N) is 2. The maximum atomic E-state index is 5.68. The lowest BCUT2D eigenvalue weighted by atomic mass is 10.2. The van der Waals surface area contributed by atoms with Crippen LogP contribution >= 0.6 is 0 Å². The number of hydrogen-bond donors (Lipinski definition) is 2. The number of fused-ring (bicyclic) bond motifs is 1. The topological polar surface area (TPSA) is 62.4 Å². The molecule has 6 nitrogen and oxygen atoms in total. The van der Waals surface area contributed by atoms with Crippen molar-refractivity contribution in [3.05, 3.63) is 72.4 Å². The molecule has 0 amide bonds. The molecule has 3 aromatic rings. The van der Waals surface area contributed by atoms with Crippen LogP contribution in [0, 0.1) is 0 Å². The average molecular weight is 308 g/mol. The molecule has 0 saturated carbocycles. The Bertz CT molecular complexity index is 829. The van der Waals surface area contributed by atoms with Crippen LogP contribution in [-0.2, 0) is 16.2 Å². The summed E-state index contributed by atoms with van der Waals surface area (Å²) >= 11 is 0. The van der Waals surface area contributed by atoms with Gasteiger partial charge in [-0.05, 0) is 17.7 Å². The fourth-order valence-corrected chi connectivity index (χ4v) is 2.49. The van der Waals surface area contributed by atoms with Crippen molar-refractivity contribution < 1.29 is 9.57 Å². The average Bonchev–Trinajstić information content (AvgIpc) is 3.24. The van der Waals surface area contributed by atoms with E-state index < -0.39 is 0 Å². The Morgan fingerprint density at radius 3 is 2.91 bits per heavy atom. The van der Waals surface area contributed by atoms with Gasteiger partial charge in [0.2, 0.25) is 0 Å². The maximum Gasteiger partial charge on any atom is 0.170 e. The monoisotopic (exact) mass is 308 g/mol. The smallest absolute Gasteiger partial charge is 0.170 e. The lowest BCUT2D eigenvalue weighted by molar-refractivity contribution is 0.0619. The minimum absolute atomic E-state index is 0.403. The lowest BCUT2D eigenvalue weighted by Gasteiger charge is -2.14. The quantitative estimate of drug-likeness (QED) is 0.759. The number of anilines is 1. The molecule has 1 aliphatic heterocycles. The highest BCUT2D eigenvalue weighted by Crippen LogP contribution is 2.26. The SMILES string of the molecule is C1=C(COCc2ccccc2)ONN1c1ccnc2[nH]ccc12. The zero-order valence-electron chi connectivity index (χ0n) is 12.4. The normalized spacial score (nSPS) is 14.1. The molecule has 0 bridgehead atoms. The van der Waals surface area contributed by atoms with Crippen LogP contribution in [0.15, 0.2) is 66.8 Å². The van der Waals surface area contributed by atoms with E-state index in [4.69, 9.17) is 9.57 Å². The van der Waals surface area contributed by atoms with Gasteiger partial charge in [0.25, 0.3) is 0 Å². The molecule has 4 rings (SSSR count). The zero-order valence-corrected chi connectivity index (χ0v) is 12.4. The molecular formula is C17H16N4O2. The lowest BCUT2D eigenvalue weighted by Crippen LogP contribution is -2.27. The molecule has 2 aromatic heterocycles. The maximum absolute atomic E-state index is 5.68. The van der Waals surface area contributed by atoms with Crippen LogP contribution in [0.25, 0.3) is 11.0 Å². The van der Waals surface area contributed by atoms with Gasteiger partial charge in [-0.3, -0.25) is 0 Å². The molecule has 3 heterocycles. The standard InChI is InChI=1S/C17H16N4O2/c1-2-4-13(5-3-1)11-22-12-14-10-21(20-23-14)16-7-9-19-17-15(16)6-8-18-17/h1-10,20H,11-12H2,(H,18,19). The van der Waals surface area contributed by atoms with E-state index in [9.17, 15) is 0 Å². The molecule has 0 saturated heterocycles. The summed E-state index contributed by atoms with van der Waals surface area (Å²) in [7, 11) is 0. The van der Waals surface area contributed by atoms with Crippen molar-refractivity contribution in [2.45, 2.75) is 6.61 Å². The van der Waals surface area contributed by atoms with Crippen molar-refractivity contribution in [2.24, 2.45) is 0 Å². The number of pyridine rings is 1. The largest absolute Gasteiger partial charge is 0.389 e. The fraction of sp³-hybridized carbons (Fsp3) is 0.118. The molecule has 6 heteroatoms. The molecule has 1 aromatic carbocycles. The number of nitrogens with one attached hydrogen (secondary N) is 2. The van der Waals surface area contributed by atoms with Crippen LogP contribution in [-0.4, -0.2) is 16.6 Å². The van der Waals surface area contributed by atoms with Crippen molar-refractivity contribution in [3.63, 3.8) is 0 Å². The van der Waals surface area contributed by atoms with Gasteiger partial charge in [-0.2, -0.15) is 0 Å². The summed E-state index contributed by atoms with van der Waals surface area (Å²) < 4.78 is 5.68. The third kappa shape index (κ3) is 2.90. The second kappa shape index (κ2) is 6.12. The number of ether oxygens (including phenoxy) is 1. The summed E-state index contributed by atoms with van der Waals surface area (Å²) in [5.74, 6) is 0.724. The van der Waals surface area contributed by atoms with Gasteiger partial charge in [-0.25, -0.2) is 9.99 Å². The van der Waals surface area contributed by atoms with Gasteiger partial charge in [0, 0.05) is 17.8 Å². The van der Waals surface area contributed by atoms with Crippen molar-refractivity contribution in [3.8, 4) is 0 Å². The number of aromatic nitrogens is 2. The Kier molecular flexibility index (Phi) is 3.67. The highest BCUT2D eigenvalue weighted by molar-refractivity contribution is 5.89. The van der Waals surface area contributed by atoms with Crippen LogP contribution in [0.2, 0.25) is 0 Å². The predicted molar refractivity (Wildman–Crippen MR) is 87.0 cm³/mol. The van der Waals surface area contributed by atoms with Crippen molar-refractivity contribution >= 4 is 16.7 Å². The van der Waals surface area contributed by atoms with Gasteiger partial charge >= 0.3 is 0 Å². The second-order valence-electron chi connectivity index (χ2n) is 5.21. The zero-order chi connectivity index (χ0) is 15.5. The van der Waals surface area contributed by atoms with Crippen molar-refractivity contribution in [2.75, 3.05) is 11.6 Å². The highest BCUT2D eigenvalue weighted by atomic mass is 16.7. The molecule has 0 atom stereocenters. The summed E-state index contributed by atoms with van der Waals surface area (Å²) in [6.07, 6.45) is 5.51. The fourth-order valence-electron chi connectivity index (χ4n) is 2.49. The van der Waals surface area contributed by atoms with Gasteiger partial charge < -0.3 is 14.6 Å². The van der Waals surface area contributed by atoms with E-state index in [0.29, 0.717) is 13.2 Å². The van der Waals surface area contributed by atoms with E-state index in [1.54, 1.807) is 6.20 Å².